The molecule has 0 aliphatic rings. The zero-order valence-corrected chi connectivity index (χ0v) is 16.8. The molecule has 0 aliphatic heterocycles. The van der Waals surface area contributed by atoms with Gasteiger partial charge in [-0.1, -0.05) is 36.5 Å². The van der Waals surface area contributed by atoms with E-state index < -0.39 is 5.91 Å². The topological polar surface area (TPSA) is 59.9 Å². The van der Waals surface area contributed by atoms with Crippen molar-refractivity contribution in [1.82, 2.24) is 5.43 Å². The maximum atomic E-state index is 12.1. The van der Waals surface area contributed by atoms with E-state index in [1.165, 1.54) is 12.3 Å². The van der Waals surface area contributed by atoms with Crippen molar-refractivity contribution in [3.63, 3.8) is 0 Å². The molecule has 5 nitrogen and oxygen atoms in total. The molecule has 2 aromatic rings. The Morgan fingerprint density at radius 3 is 2.63 bits per heavy atom. The van der Waals surface area contributed by atoms with E-state index >= 15 is 0 Å². The summed E-state index contributed by atoms with van der Waals surface area (Å²) in [6.45, 7) is 5.18. The van der Waals surface area contributed by atoms with Crippen LogP contribution in [-0.4, -0.2) is 25.3 Å². The number of hydrazone groups is 1. The maximum absolute atomic E-state index is 12.1. The van der Waals surface area contributed by atoms with E-state index in [1.807, 2.05) is 25.1 Å². The molecule has 0 fully saturated rings. The fraction of sp³-hybridized carbons (Fsp3) is 0.300. The summed E-state index contributed by atoms with van der Waals surface area (Å²) in [5, 5.41) is 4.70. The van der Waals surface area contributed by atoms with Crippen molar-refractivity contribution in [3.05, 3.63) is 57.6 Å². The van der Waals surface area contributed by atoms with Gasteiger partial charge in [-0.15, -0.1) is 0 Å². The molecule has 2 rings (SSSR count). The van der Waals surface area contributed by atoms with Gasteiger partial charge in [-0.3, -0.25) is 4.79 Å². The van der Waals surface area contributed by atoms with Gasteiger partial charge < -0.3 is 9.47 Å². The number of hydrogen-bond donors (Lipinski definition) is 1. The second-order valence-electron chi connectivity index (χ2n) is 5.66. The summed E-state index contributed by atoms with van der Waals surface area (Å²) in [5.74, 6) is 0.918. The van der Waals surface area contributed by atoms with Crippen molar-refractivity contribution in [2.24, 2.45) is 5.10 Å². The largest absolute Gasteiger partial charge is 0.490 e. The zero-order valence-electron chi connectivity index (χ0n) is 15.3. The van der Waals surface area contributed by atoms with Gasteiger partial charge in [0.1, 0.15) is 0 Å². The average Bonchev–Trinajstić information content (AvgIpc) is 2.63. The predicted molar refractivity (Wildman–Crippen MR) is 110 cm³/mol. The molecule has 0 unspecified atom stereocenters. The van der Waals surface area contributed by atoms with Crippen LogP contribution in [0.2, 0.25) is 10.0 Å². The molecule has 1 amide bonds. The van der Waals surface area contributed by atoms with Crippen molar-refractivity contribution < 1.29 is 14.3 Å². The van der Waals surface area contributed by atoms with Gasteiger partial charge in [0.15, 0.2) is 11.5 Å². The number of ether oxygens (including phenoxy) is 2. The number of amides is 1. The molecule has 0 aliphatic carbocycles. The first-order chi connectivity index (χ1) is 13.0. The molecule has 0 bridgehead atoms. The van der Waals surface area contributed by atoms with E-state index in [9.17, 15) is 4.79 Å². The molecule has 27 heavy (non-hydrogen) atoms. The Bertz CT molecular complexity index is 810. The maximum Gasteiger partial charge on any atom is 0.272 e. The monoisotopic (exact) mass is 408 g/mol. The van der Waals surface area contributed by atoms with Crippen LogP contribution in [-0.2, 0) is 0 Å². The molecule has 144 valence electrons. The van der Waals surface area contributed by atoms with Crippen LogP contribution in [0.4, 0.5) is 0 Å². The third-order valence-electron chi connectivity index (χ3n) is 3.58. The first-order valence-electron chi connectivity index (χ1n) is 8.73. The third kappa shape index (κ3) is 6.45. The molecular formula is C20H22Cl2N2O3. The van der Waals surface area contributed by atoms with Gasteiger partial charge >= 0.3 is 0 Å². The van der Waals surface area contributed by atoms with Crippen molar-refractivity contribution in [2.45, 2.75) is 26.7 Å². The van der Waals surface area contributed by atoms with Crippen LogP contribution >= 0.6 is 23.2 Å². The Hall–Kier alpha value is -2.24. The molecule has 0 aromatic heterocycles. The molecule has 1 N–H and O–H groups in total. The minimum atomic E-state index is -0.419. The number of nitrogens with one attached hydrogen (secondary N) is 1. The van der Waals surface area contributed by atoms with Gasteiger partial charge in [-0.25, -0.2) is 5.43 Å². The molecule has 0 heterocycles. The number of benzene rings is 2. The predicted octanol–water partition coefficient (Wildman–Crippen LogP) is 5.33. The fourth-order valence-electron chi connectivity index (χ4n) is 2.22. The Morgan fingerprint density at radius 1 is 1.11 bits per heavy atom. The van der Waals surface area contributed by atoms with Crippen molar-refractivity contribution in [3.8, 4) is 11.5 Å². The molecule has 0 saturated heterocycles. The van der Waals surface area contributed by atoms with Crippen LogP contribution in [0.5, 0.6) is 11.5 Å². The lowest BCUT2D eigenvalue weighted by atomic mass is 10.2. The standard InChI is InChI=1S/C20H22Cl2N2O3/c1-3-5-10-27-18-9-6-14(11-19(18)26-4-2)13-23-24-20(25)16-8-7-15(21)12-17(16)22/h6-9,11-13H,3-5,10H2,1-2H3,(H,24,25)/b23-13+. The van der Waals surface area contributed by atoms with E-state index in [1.54, 1.807) is 12.1 Å². The lowest BCUT2D eigenvalue weighted by Gasteiger charge is -2.12. The van der Waals surface area contributed by atoms with Crippen LogP contribution in [0, 0.1) is 0 Å². The molecule has 0 radical (unpaired) electrons. The Labute approximate surface area is 169 Å². The van der Waals surface area contributed by atoms with Crippen LogP contribution in [0.1, 0.15) is 42.6 Å². The summed E-state index contributed by atoms with van der Waals surface area (Å²) in [5.41, 5.74) is 3.51. The summed E-state index contributed by atoms with van der Waals surface area (Å²) >= 11 is 11.8. The minimum absolute atomic E-state index is 0.266. The number of carbonyl (C=O) groups is 1. The van der Waals surface area contributed by atoms with E-state index in [0.717, 1.165) is 18.4 Å². The van der Waals surface area contributed by atoms with Crippen LogP contribution in [0.25, 0.3) is 0 Å². The Kier molecular flexibility index (Phi) is 8.43. The number of hydrogen-bond acceptors (Lipinski definition) is 4. The summed E-state index contributed by atoms with van der Waals surface area (Å²) < 4.78 is 11.4. The SMILES string of the molecule is CCCCOc1ccc(/C=N/NC(=O)c2ccc(Cl)cc2Cl)cc1OCC. The molecule has 0 spiro atoms. The summed E-state index contributed by atoms with van der Waals surface area (Å²) in [6, 6.07) is 10.1. The number of rotatable bonds is 9. The number of unbranched alkanes of at least 4 members (excludes halogenated alkanes) is 1. The van der Waals surface area contributed by atoms with Crippen molar-refractivity contribution >= 4 is 35.3 Å². The van der Waals surface area contributed by atoms with E-state index in [-0.39, 0.29) is 5.02 Å². The van der Waals surface area contributed by atoms with E-state index in [0.29, 0.717) is 35.3 Å². The highest BCUT2D eigenvalue weighted by atomic mass is 35.5. The number of nitrogens with zero attached hydrogens (tertiary/aromatic N) is 1. The lowest BCUT2D eigenvalue weighted by Crippen LogP contribution is -2.18. The zero-order chi connectivity index (χ0) is 19.6. The van der Waals surface area contributed by atoms with Gasteiger partial charge in [0.2, 0.25) is 0 Å². The second kappa shape index (κ2) is 10.8. The van der Waals surface area contributed by atoms with E-state index in [2.05, 4.69) is 17.5 Å². The molecule has 2 aromatic carbocycles. The molecule has 0 atom stereocenters. The van der Waals surface area contributed by atoms with Gasteiger partial charge in [0, 0.05) is 5.02 Å². The first kappa shape index (κ1) is 21.1. The average molecular weight is 409 g/mol. The van der Waals surface area contributed by atoms with Gasteiger partial charge in [-0.2, -0.15) is 5.10 Å². The highest BCUT2D eigenvalue weighted by molar-refractivity contribution is 6.36. The highest BCUT2D eigenvalue weighted by Gasteiger charge is 2.10. The Balaban J connectivity index is 2.04. The normalized spacial score (nSPS) is 10.8. The van der Waals surface area contributed by atoms with Crippen molar-refractivity contribution in [1.29, 1.82) is 0 Å². The first-order valence-corrected chi connectivity index (χ1v) is 9.48. The molecule has 7 heteroatoms. The smallest absolute Gasteiger partial charge is 0.272 e. The fourth-order valence-corrected chi connectivity index (χ4v) is 2.71. The van der Waals surface area contributed by atoms with E-state index in [4.69, 9.17) is 32.7 Å². The quantitative estimate of drug-likeness (QED) is 0.346. The lowest BCUT2D eigenvalue weighted by molar-refractivity contribution is 0.0955. The van der Waals surface area contributed by atoms with Gasteiger partial charge in [-0.05, 0) is 55.3 Å². The summed E-state index contributed by atoms with van der Waals surface area (Å²) in [4.78, 5) is 12.1. The van der Waals surface area contributed by atoms with Crippen LogP contribution in [0.3, 0.4) is 0 Å². The molecular weight excluding hydrogens is 387 g/mol. The second-order valence-corrected chi connectivity index (χ2v) is 6.51. The van der Waals surface area contributed by atoms with Crippen LogP contribution in [0.15, 0.2) is 41.5 Å². The third-order valence-corrected chi connectivity index (χ3v) is 4.13. The van der Waals surface area contributed by atoms with Gasteiger partial charge in [0.05, 0.1) is 30.0 Å². The summed E-state index contributed by atoms with van der Waals surface area (Å²) in [6.07, 6.45) is 3.57. The summed E-state index contributed by atoms with van der Waals surface area (Å²) in [7, 11) is 0. The number of carbonyl (C=O) groups excluding carboxylic acids is 1. The highest BCUT2D eigenvalue weighted by Crippen LogP contribution is 2.28. The Morgan fingerprint density at radius 2 is 1.93 bits per heavy atom. The minimum Gasteiger partial charge on any atom is -0.490 e. The van der Waals surface area contributed by atoms with Crippen LogP contribution < -0.4 is 14.9 Å². The van der Waals surface area contributed by atoms with Gasteiger partial charge in [0.25, 0.3) is 5.91 Å². The number of halogens is 2. The van der Waals surface area contributed by atoms with Crippen molar-refractivity contribution in [2.75, 3.05) is 13.2 Å². The molecule has 0 saturated carbocycles.